The Kier molecular flexibility index (Phi) is 8.85. The summed E-state index contributed by atoms with van der Waals surface area (Å²) in [6.07, 6.45) is 4.75. The van der Waals surface area contributed by atoms with Crippen LogP contribution in [-0.2, 0) is 10.0 Å². The van der Waals surface area contributed by atoms with E-state index in [1.54, 1.807) is 30.3 Å². The molecule has 1 heterocycles. The molecule has 0 unspecified atom stereocenters. The molecule has 0 aromatic heterocycles. The van der Waals surface area contributed by atoms with Crippen molar-refractivity contribution < 1.29 is 8.42 Å². The molecule has 6 nitrogen and oxygen atoms in total. The van der Waals surface area contributed by atoms with Crippen LogP contribution in [0.25, 0.3) is 0 Å². The quantitative estimate of drug-likeness (QED) is 0.309. The number of hydrogen-bond acceptors (Lipinski definition) is 3. The van der Waals surface area contributed by atoms with Gasteiger partial charge in [0.25, 0.3) is 0 Å². The highest BCUT2D eigenvalue weighted by Gasteiger charge is 2.13. The number of benzene rings is 1. The highest BCUT2D eigenvalue weighted by molar-refractivity contribution is 14.0. The summed E-state index contributed by atoms with van der Waals surface area (Å²) in [5.41, 5.74) is 5.98. The summed E-state index contributed by atoms with van der Waals surface area (Å²) in [7, 11) is -3.46. The maximum absolute atomic E-state index is 12.0. The van der Waals surface area contributed by atoms with Crippen molar-refractivity contribution in [2.24, 2.45) is 10.7 Å². The van der Waals surface area contributed by atoms with E-state index in [-0.39, 0.29) is 35.4 Å². The van der Waals surface area contributed by atoms with Crippen molar-refractivity contribution in [2.75, 3.05) is 26.2 Å². The van der Waals surface area contributed by atoms with Gasteiger partial charge in [-0.1, -0.05) is 31.0 Å². The third-order valence-corrected chi connectivity index (χ3v) is 5.14. The highest BCUT2D eigenvalue weighted by atomic mass is 127. The third kappa shape index (κ3) is 6.64. The van der Waals surface area contributed by atoms with Crippen molar-refractivity contribution in [3.63, 3.8) is 0 Å². The van der Waals surface area contributed by atoms with Gasteiger partial charge in [-0.3, -0.25) is 4.99 Å². The molecule has 1 aromatic rings. The van der Waals surface area contributed by atoms with Crippen LogP contribution in [0.1, 0.15) is 25.7 Å². The van der Waals surface area contributed by atoms with E-state index in [2.05, 4.69) is 14.6 Å². The molecule has 1 fully saturated rings. The number of rotatable bonds is 5. The fraction of sp³-hybridized carbons (Fsp3) is 0.533. The van der Waals surface area contributed by atoms with E-state index in [1.165, 1.54) is 12.8 Å². The molecule has 130 valence electrons. The zero-order valence-electron chi connectivity index (χ0n) is 13.1. The van der Waals surface area contributed by atoms with Crippen LogP contribution >= 0.6 is 24.0 Å². The predicted octanol–water partition coefficient (Wildman–Crippen LogP) is 1.77. The second-order valence-corrected chi connectivity index (χ2v) is 7.12. The Morgan fingerprint density at radius 2 is 1.74 bits per heavy atom. The molecule has 0 bridgehead atoms. The molecule has 0 spiro atoms. The van der Waals surface area contributed by atoms with E-state index >= 15 is 0 Å². The zero-order chi connectivity index (χ0) is 15.8. The number of hydrogen-bond donors (Lipinski definition) is 2. The van der Waals surface area contributed by atoms with Gasteiger partial charge in [-0.05, 0) is 25.0 Å². The Morgan fingerprint density at radius 3 is 2.35 bits per heavy atom. The van der Waals surface area contributed by atoms with E-state index in [0.29, 0.717) is 12.5 Å². The first-order valence-corrected chi connectivity index (χ1v) is 9.17. The van der Waals surface area contributed by atoms with Gasteiger partial charge in [0.1, 0.15) is 0 Å². The van der Waals surface area contributed by atoms with Gasteiger partial charge < -0.3 is 10.6 Å². The van der Waals surface area contributed by atoms with Gasteiger partial charge in [0, 0.05) is 19.6 Å². The van der Waals surface area contributed by atoms with Crippen LogP contribution in [0, 0.1) is 0 Å². The minimum absolute atomic E-state index is 0. The van der Waals surface area contributed by atoms with Crippen molar-refractivity contribution >= 4 is 40.0 Å². The maximum atomic E-state index is 12.0. The number of aliphatic imine (C=N–C) groups is 1. The van der Waals surface area contributed by atoms with Gasteiger partial charge in [0.2, 0.25) is 10.0 Å². The summed E-state index contributed by atoms with van der Waals surface area (Å²) < 4.78 is 26.6. The van der Waals surface area contributed by atoms with Crippen molar-refractivity contribution in [3.8, 4) is 0 Å². The molecule has 0 radical (unpaired) electrons. The lowest BCUT2D eigenvalue weighted by atomic mass is 10.2. The lowest BCUT2D eigenvalue weighted by Gasteiger charge is -2.21. The Bertz CT molecular complexity index is 585. The Hall–Kier alpha value is -0.870. The Balaban J connectivity index is 0.00000264. The van der Waals surface area contributed by atoms with Crippen LogP contribution in [0.4, 0.5) is 0 Å². The molecule has 2 rings (SSSR count). The number of nitrogens with two attached hydrogens (primary N) is 1. The molecule has 3 N–H and O–H groups in total. The number of sulfonamides is 1. The summed E-state index contributed by atoms with van der Waals surface area (Å²) in [5.74, 6) is 0.515. The van der Waals surface area contributed by atoms with Crippen LogP contribution in [-0.4, -0.2) is 45.5 Å². The molecule has 23 heavy (non-hydrogen) atoms. The molecule has 8 heteroatoms. The largest absolute Gasteiger partial charge is 0.370 e. The molecule has 0 amide bonds. The van der Waals surface area contributed by atoms with Crippen molar-refractivity contribution in [3.05, 3.63) is 30.3 Å². The molecule has 1 aliphatic heterocycles. The zero-order valence-corrected chi connectivity index (χ0v) is 16.3. The molecule has 1 saturated heterocycles. The highest BCUT2D eigenvalue weighted by Crippen LogP contribution is 2.09. The molecule has 0 saturated carbocycles. The minimum atomic E-state index is -3.46. The normalized spacial score (nSPS) is 16.5. The topological polar surface area (TPSA) is 87.8 Å². The summed E-state index contributed by atoms with van der Waals surface area (Å²) in [5, 5.41) is 0. The average Bonchev–Trinajstić information content (AvgIpc) is 2.81. The Morgan fingerprint density at radius 1 is 1.13 bits per heavy atom. The molecular formula is C15H25IN4O2S. The number of nitrogens with zero attached hydrogens (tertiary/aromatic N) is 2. The van der Waals surface area contributed by atoms with Gasteiger partial charge in [-0.15, -0.1) is 24.0 Å². The second kappa shape index (κ2) is 10.1. The average molecular weight is 452 g/mol. The molecule has 0 atom stereocenters. The van der Waals surface area contributed by atoms with E-state index < -0.39 is 10.0 Å². The Labute approximate surface area is 155 Å². The van der Waals surface area contributed by atoms with Crippen molar-refractivity contribution in [1.82, 2.24) is 9.62 Å². The lowest BCUT2D eigenvalue weighted by molar-refractivity contribution is 0.428. The van der Waals surface area contributed by atoms with Gasteiger partial charge in [-0.2, -0.15) is 0 Å². The van der Waals surface area contributed by atoms with E-state index in [0.717, 1.165) is 25.9 Å². The summed E-state index contributed by atoms with van der Waals surface area (Å²) in [6.45, 7) is 2.45. The SMILES string of the molecule is I.NC(=NCCNS(=O)(=O)c1ccccc1)N1CCCCCC1. The van der Waals surface area contributed by atoms with Crippen LogP contribution < -0.4 is 10.5 Å². The monoisotopic (exact) mass is 452 g/mol. The van der Waals surface area contributed by atoms with Gasteiger partial charge in [0.05, 0.1) is 11.4 Å². The van der Waals surface area contributed by atoms with Gasteiger partial charge in [-0.25, -0.2) is 13.1 Å². The van der Waals surface area contributed by atoms with Crippen LogP contribution in [0.15, 0.2) is 40.2 Å². The van der Waals surface area contributed by atoms with E-state index in [9.17, 15) is 8.42 Å². The molecule has 1 aromatic carbocycles. The smallest absolute Gasteiger partial charge is 0.240 e. The number of likely N-dealkylation sites (tertiary alicyclic amines) is 1. The van der Waals surface area contributed by atoms with Gasteiger partial charge in [0.15, 0.2) is 5.96 Å². The first-order chi connectivity index (χ1) is 10.6. The first kappa shape index (κ1) is 20.2. The van der Waals surface area contributed by atoms with Gasteiger partial charge >= 0.3 is 0 Å². The summed E-state index contributed by atoms with van der Waals surface area (Å²) in [6, 6.07) is 8.31. The maximum Gasteiger partial charge on any atom is 0.240 e. The predicted molar refractivity (Wildman–Crippen MR) is 104 cm³/mol. The van der Waals surface area contributed by atoms with E-state index in [4.69, 9.17) is 5.73 Å². The lowest BCUT2D eigenvalue weighted by Crippen LogP contribution is -2.38. The van der Waals surface area contributed by atoms with Crippen molar-refractivity contribution in [1.29, 1.82) is 0 Å². The first-order valence-electron chi connectivity index (χ1n) is 7.69. The van der Waals surface area contributed by atoms with Crippen molar-refractivity contribution in [2.45, 2.75) is 30.6 Å². The summed E-state index contributed by atoms with van der Waals surface area (Å²) in [4.78, 5) is 6.63. The standard InChI is InChI=1S/C15H24N4O2S.HI/c16-15(19-12-6-1-2-7-13-19)17-10-11-18-22(20,21)14-8-4-3-5-9-14;/h3-5,8-9,18H,1-2,6-7,10-13H2,(H2,16,17);1H. The second-order valence-electron chi connectivity index (χ2n) is 5.35. The third-order valence-electron chi connectivity index (χ3n) is 3.66. The number of nitrogens with one attached hydrogen (secondary N) is 1. The summed E-state index contributed by atoms with van der Waals surface area (Å²) >= 11 is 0. The number of halogens is 1. The minimum Gasteiger partial charge on any atom is -0.370 e. The van der Waals surface area contributed by atoms with E-state index in [1.807, 2.05) is 0 Å². The fourth-order valence-corrected chi connectivity index (χ4v) is 3.48. The van der Waals surface area contributed by atoms with Crippen LogP contribution in [0.3, 0.4) is 0 Å². The number of guanidine groups is 1. The molecular weight excluding hydrogens is 427 g/mol. The molecule has 1 aliphatic rings. The van der Waals surface area contributed by atoms with Crippen LogP contribution in [0.5, 0.6) is 0 Å². The van der Waals surface area contributed by atoms with Crippen LogP contribution in [0.2, 0.25) is 0 Å². The fourth-order valence-electron chi connectivity index (χ4n) is 2.43. The molecule has 0 aliphatic carbocycles.